The van der Waals surface area contributed by atoms with Crippen LogP contribution in [0.25, 0.3) is 11.3 Å². The molecule has 1 amide bonds. The monoisotopic (exact) mass is 475 g/mol. The van der Waals surface area contributed by atoms with Crippen molar-refractivity contribution in [2.45, 2.75) is 18.1 Å². The van der Waals surface area contributed by atoms with Gasteiger partial charge in [-0.2, -0.15) is 0 Å². The van der Waals surface area contributed by atoms with Gasteiger partial charge in [-0.3, -0.25) is 14.4 Å². The highest BCUT2D eigenvalue weighted by Gasteiger charge is 2.35. The number of carboxylic acid groups (broad SMARTS) is 1. The SMILES string of the molecule is O=C(O)CNC(=O)c1c(O)c2c(n(Cc3nc(-c4ccccc4)cs3)c1=O)CS(=O)(=O)C2. The summed E-state index contributed by atoms with van der Waals surface area (Å²) in [7, 11) is -3.63. The van der Waals surface area contributed by atoms with Crippen LogP contribution in [0.2, 0.25) is 0 Å². The number of fused-ring (bicyclic) bond motifs is 1. The van der Waals surface area contributed by atoms with Crippen LogP contribution in [-0.2, 0) is 32.7 Å². The predicted molar refractivity (Wildman–Crippen MR) is 115 cm³/mol. The van der Waals surface area contributed by atoms with E-state index in [9.17, 15) is 27.9 Å². The molecule has 10 nitrogen and oxygen atoms in total. The summed E-state index contributed by atoms with van der Waals surface area (Å²) in [6.45, 7) is -0.867. The van der Waals surface area contributed by atoms with E-state index in [1.807, 2.05) is 35.6 Å². The largest absolute Gasteiger partial charge is 0.507 e. The molecule has 0 bridgehead atoms. The number of carbonyl (C=O) groups excluding carboxylic acids is 1. The number of hydrogen-bond acceptors (Lipinski definition) is 8. The van der Waals surface area contributed by atoms with Gasteiger partial charge in [-0.05, 0) is 0 Å². The van der Waals surface area contributed by atoms with Gasteiger partial charge in [-0.1, -0.05) is 30.3 Å². The summed E-state index contributed by atoms with van der Waals surface area (Å²) in [6, 6.07) is 9.34. The van der Waals surface area contributed by atoms with Crippen molar-refractivity contribution in [1.82, 2.24) is 14.9 Å². The molecule has 0 aliphatic carbocycles. The van der Waals surface area contributed by atoms with Crippen molar-refractivity contribution in [1.29, 1.82) is 0 Å². The summed E-state index contributed by atoms with van der Waals surface area (Å²) < 4.78 is 25.6. The van der Waals surface area contributed by atoms with Gasteiger partial charge in [0.05, 0.1) is 23.7 Å². The Balaban J connectivity index is 1.78. The Bertz CT molecular complexity index is 1390. The second-order valence-electron chi connectivity index (χ2n) is 7.14. The van der Waals surface area contributed by atoms with Crippen LogP contribution in [0.5, 0.6) is 5.75 Å². The lowest BCUT2D eigenvalue weighted by molar-refractivity contribution is -0.135. The van der Waals surface area contributed by atoms with Crippen LogP contribution < -0.4 is 10.9 Å². The van der Waals surface area contributed by atoms with E-state index in [0.29, 0.717) is 10.7 Å². The zero-order valence-corrected chi connectivity index (χ0v) is 18.1. The molecule has 2 aromatic heterocycles. The number of benzene rings is 1. The molecule has 3 heterocycles. The first-order valence-corrected chi connectivity index (χ1v) is 12.0. The maximum Gasteiger partial charge on any atom is 0.322 e. The molecule has 0 unspecified atom stereocenters. The van der Waals surface area contributed by atoms with Crippen LogP contribution in [-0.4, -0.2) is 46.6 Å². The van der Waals surface area contributed by atoms with E-state index in [-0.39, 0.29) is 17.8 Å². The topological polar surface area (TPSA) is 156 Å². The van der Waals surface area contributed by atoms with Crippen molar-refractivity contribution < 1.29 is 28.2 Å². The Kier molecular flexibility index (Phi) is 5.57. The first kappa shape index (κ1) is 21.7. The van der Waals surface area contributed by atoms with Gasteiger partial charge in [0.2, 0.25) is 0 Å². The number of aromatic nitrogens is 2. The minimum absolute atomic E-state index is 0.0371. The summed E-state index contributed by atoms with van der Waals surface area (Å²) in [6.07, 6.45) is 0. The van der Waals surface area contributed by atoms with Gasteiger partial charge in [0.1, 0.15) is 22.9 Å². The molecule has 3 aromatic rings. The summed E-state index contributed by atoms with van der Waals surface area (Å²) in [5.41, 5.74) is -0.000912. The van der Waals surface area contributed by atoms with Gasteiger partial charge in [0, 0.05) is 22.2 Å². The zero-order chi connectivity index (χ0) is 23.0. The molecule has 0 saturated heterocycles. The zero-order valence-electron chi connectivity index (χ0n) is 16.4. The van der Waals surface area contributed by atoms with Crippen LogP contribution >= 0.6 is 11.3 Å². The van der Waals surface area contributed by atoms with E-state index in [1.54, 1.807) is 5.38 Å². The van der Waals surface area contributed by atoms with Crippen molar-refractivity contribution in [3.8, 4) is 17.0 Å². The molecule has 0 radical (unpaired) electrons. The third-order valence-electron chi connectivity index (χ3n) is 4.92. The number of rotatable bonds is 6. The van der Waals surface area contributed by atoms with Gasteiger partial charge >= 0.3 is 5.97 Å². The predicted octanol–water partition coefficient (Wildman–Crippen LogP) is 0.969. The molecule has 1 aliphatic rings. The van der Waals surface area contributed by atoms with E-state index in [0.717, 1.165) is 10.1 Å². The normalized spacial score (nSPS) is 14.1. The van der Waals surface area contributed by atoms with Crippen LogP contribution in [0, 0.1) is 0 Å². The quantitative estimate of drug-likeness (QED) is 0.476. The molecule has 1 aliphatic heterocycles. The Morgan fingerprint density at radius 1 is 1.19 bits per heavy atom. The molecule has 12 heteroatoms. The van der Waals surface area contributed by atoms with Crippen LogP contribution in [0.3, 0.4) is 0 Å². The summed E-state index contributed by atoms with van der Waals surface area (Å²) in [5.74, 6) is -4.16. The van der Waals surface area contributed by atoms with Gasteiger partial charge in [-0.25, -0.2) is 13.4 Å². The lowest BCUT2D eigenvalue weighted by atomic mass is 10.1. The van der Waals surface area contributed by atoms with Gasteiger partial charge in [-0.15, -0.1) is 11.3 Å². The fourth-order valence-corrected chi connectivity index (χ4v) is 5.86. The van der Waals surface area contributed by atoms with Gasteiger partial charge < -0.3 is 20.1 Å². The molecule has 0 atom stereocenters. The van der Waals surface area contributed by atoms with Crippen molar-refractivity contribution in [3.63, 3.8) is 0 Å². The lowest BCUT2D eigenvalue weighted by Crippen LogP contribution is -2.37. The number of nitrogens with zero attached hydrogens (tertiary/aromatic N) is 2. The highest BCUT2D eigenvalue weighted by Crippen LogP contribution is 2.33. The van der Waals surface area contributed by atoms with E-state index in [1.165, 1.54) is 11.3 Å². The molecule has 0 spiro atoms. The van der Waals surface area contributed by atoms with Crippen LogP contribution in [0.15, 0.2) is 40.5 Å². The molecular weight excluding hydrogens is 458 g/mol. The van der Waals surface area contributed by atoms with E-state index in [4.69, 9.17) is 5.11 Å². The average molecular weight is 476 g/mol. The molecule has 32 heavy (non-hydrogen) atoms. The molecule has 3 N–H and O–H groups in total. The fourth-order valence-electron chi connectivity index (χ4n) is 3.48. The first-order valence-electron chi connectivity index (χ1n) is 9.34. The fraction of sp³-hybridized carbons (Fsp3) is 0.200. The Morgan fingerprint density at radius 3 is 2.59 bits per heavy atom. The third-order valence-corrected chi connectivity index (χ3v) is 7.19. The van der Waals surface area contributed by atoms with Crippen molar-refractivity contribution in [2.75, 3.05) is 6.54 Å². The maximum absolute atomic E-state index is 13.1. The number of pyridine rings is 1. The number of aliphatic carboxylic acids is 1. The average Bonchev–Trinajstić information content (AvgIpc) is 3.34. The number of aromatic hydroxyl groups is 1. The molecular formula is C20H17N3O7S2. The third kappa shape index (κ3) is 4.14. The minimum atomic E-state index is -3.63. The van der Waals surface area contributed by atoms with Crippen molar-refractivity contribution in [3.05, 3.63) is 67.9 Å². The number of amides is 1. The number of carboxylic acids is 1. The molecule has 0 fully saturated rings. The van der Waals surface area contributed by atoms with Gasteiger partial charge in [0.15, 0.2) is 9.84 Å². The minimum Gasteiger partial charge on any atom is -0.507 e. The molecule has 166 valence electrons. The number of sulfone groups is 1. The second kappa shape index (κ2) is 8.20. The lowest BCUT2D eigenvalue weighted by Gasteiger charge is -2.14. The number of hydrogen-bond donors (Lipinski definition) is 3. The van der Waals surface area contributed by atoms with Crippen LogP contribution in [0.1, 0.15) is 26.6 Å². The van der Waals surface area contributed by atoms with E-state index >= 15 is 0 Å². The molecule has 0 saturated carbocycles. The standard InChI is InChI=1S/C20H17N3O7S2/c24-16(25)6-21-19(27)17-18(26)12-9-32(29,30)10-14(12)23(20(17)28)7-15-22-13(8-31-15)11-4-2-1-3-5-11/h1-5,8,26H,6-7,9-10H2,(H,21,27)(H,24,25). The Labute approximate surface area is 185 Å². The highest BCUT2D eigenvalue weighted by molar-refractivity contribution is 7.90. The highest BCUT2D eigenvalue weighted by atomic mass is 32.2. The van der Waals surface area contributed by atoms with Crippen molar-refractivity contribution in [2.24, 2.45) is 0 Å². The van der Waals surface area contributed by atoms with Crippen molar-refractivity contribution >= 4 is 33.1 Å². The maximum atomic E-state index is 13.1. The van der Waals surface area contributed by atoms with Crippen LogP contribution in [0.4, 0.5) is 0 Å². The summed E-state index contributed by atoms with van der Waals surface area (Å²) in [4.78, 5) is 40.8. The number of nitrogens with one attached hydrogen (secondary N) is 1. The summed E-state index contributed by atoms with van der Waals surface area (Å²) >= 11 is 1.26. The Hall–Kier alpha value is -3.51. The molecule has 1 aromatic carbocycles. The Morgan fingerprint density at radius 2 is 1.91 bits per heavy atom. The number of thiazole rings is 1. The molecule has 4 rings (SSSR count). The summed E-state index contributed by atoms with van der Waals surface area (Å²) in [5, 5.41) is 23.6. The second-order valence-corrected chi connectivity index (χ2v) is 10.1. The smallest absolute Gasteiger partial charge is 0.322 e. The van der Waals surface area contributed by atoms with Gasteiger partial charge in [0.25, 0.3) is 11.5 Å². The van der Waals surface area contributed by atoms with E-state index in [2.05, 4.69) is 4.98 Å². The van der Waals surface area contributed by atoms with E-state index < -0.39 is 56.6 Å². The number of carbonyl (C=O) groups is 2. The first-order chi connectivity index (χ1) is 15.2.